The quantitative estimate of drug-likeness (QED) is 0.577. The van der Waals surface area contributed by atoms with Gasteiger partial charge < -0.3 is 19.1 Å². The Morgan fingerprint density at radius 2 is 1.81 bits per heavy atom. The Balaban J connectivity index is 1.38. The first-order chi connectivity index (χ1) is 14.8. The van der Waals surface area contributed by atoms with Gasteiger partial charge in [0.05, 0.1) is 5.56 Å². The van der Waals surface area contributed by atoms with Crippen molar-refractivity contribution in [2.45, 2.75) is 12.7 Å². The molecule has 160 valence electrons. The van der Waals surface area contributed by atoms with E-state index in [-0.39, 0.29) is 18.6 Å². The summed E-state index contributed by atoms with van der Waals surface area (Å²) in [7, 11) is 1.68. The number of ether oxygens (including phenoxy) is 3. The summed E-state index contributed by atoms with van der Waals surface area (Å²) in [5, 5.41) is 0. The minimum atomic E-state index is -4.46. The monoisotopic (exact) mass is 430 g/mol. The summed E-state index contributed by atoms with van der Waals surface area (Å²) in [6.07, 6.45) is -3.75. The van der Waals surface area contributed by atoms with Crippen LogP contribution in [-0.4, -0.2) is 29.6 Å². The summed E-state index contributed by atoms with van der Waals surface area (Å²) in [6.45, 7) is 0.563. The molecule has 3 aromatic rings. The number of fused-ring (bicyclic) bond motifs is 1. The van der Waals surface area contributed by atoms with Gasteiger partial charge in [0.1, 0.15) is 5.75 Å². The topological polar surface area (TPSA) is 60.9 Å². The molecule has 0 atom stereocenters. The van der Waals surface area contributed by atoms with E-state index in [0.29, 0.717) is 35.6 Å². The number of rotatable bonds is 5. The highest BCUT2D eigenvalue weighted by Crippen LogP contribution is 2.33. The zero-order chi connectivity index (χ0) is 22.0. The van der Waals surface area contributed by atoms with Crippen LogP contribution in [0.1, 0.15) is 21.5 Å². The average molecular weight is 430 g/mol. The summed E-state index contributed by atoms with van der Waals surface area (Å²) >= 11 is 0. The van der Waals surface area contributed by atoms with Gasteiger partial charge in [-0.25, -0.2) is 4.98 Å². The lowest BCUT2D eigenvalue weighted by Gasteiger charge is -2.18. The third-order valence-electron chi connectivity index (χ3n) is 4.59. The number of aromatic nitrogens is 1. The minimum Gasteiger partial charge on any atom is -0.454 e. The molecule has 1 aliphatic rings. The molecule has 1 aliphatic heterocycles. The third kappa shape index (κ3) is 4.71. The van der Waals surface area contributed by atoms with Gasteiger partial charge >= 0.3 is 6.18 Å². The third-order valence-corrected chi connectivity index (χ3v) is 4.59. The van der Waals surface area contributed by atoms with Gasteiger partial charge in [0, 0.05) is 31.4 Å². The Morgan fingerprint density at radius 1 is 1.06 bits per heavy atom. The van der Waals surface area contributed by atoms with Crippen molar-refractivity contribution in [2.24, 2.45) is 0 Å². The van der Waals surface area contributed by atoms with Crippen LogP contribution in [-0.2, 0) is 12.7 Å². The van der Waals surface area contributed by atoms with E-state index in [0.717, 1.165) is 17.7 Å². The minimum absolute atomic E-state index is 0.0204. The largest absolute Gasteiger partial charge is 0.454 e. The van der Waals surface area contributed by atoms with E-state index in [1.807, 2.05) is 12.1 Å². The molecular formula is C22H17F3N2O4. The van der Waals surface area contributed by atoms with Gasteiger partial charge in [-0.2, -0.15) is 13.2 Å². The lowest BCUT2D eigenvalue weighted by molar-refractivity contribution is -0.137. The van der Waals surface area contributed by atoms with Crippen LogP contribution in [0.15, 0.2) is 60.8 Å². The van der Waals surface area contributed by atoms with E-state index in [1.54, 1.807) is 42.3 Å². The smallest absolute Gasteiger partial charge is 0.417 e. The number of carbonyl (C=O) groups excluding carboxylic acids is 1. The first-order valence-corrected chi connectivity index (χ1v) is 9.25. The van der Waals surface area contributed by atoms with Gasteiger partial charge in [-0.1, -0.05) is 6.07 Å². The van der Waals surface area contributed by atoms with E-state index in [9.17, 15) is 18.0 Å². The summed E-state index contributed by atoms with van der Waals surface area (Å²) in [5.74, 6) is 1.50. The summed E-state index contributed by atoms with van der Waals surface area (Å²) < 4.78 is 53.9. The summed E-state index contributed by atoms with van der Waals surface area (Å²) in [4.78, 5) is 17.9. The van der Waals surface area contributed by atoms with Crippen LogP contribution in [0, 0.1) is 0 Å². The molecule has 0 aliphatic carbocycles. The highest BCUT2D eigenvalue weighted by Gasteiger charge is 2.30. The fourth-order valence-corrected chi connectivity index (χ4v) is 3.00. The Hall–Kier alpha value is -3.75. The van der Waals surface area contributed by atoms with Crippen molar-refractivity contribution in [3.63, 3.8) is 0 Å². The van der Waals surface area contributed by atoms with Crippen molar-refractivity contribution in [2.75, 3.05) is 13.8 Å². The average Bonchev–Trinajstić information content (AvgIpc) is 3.21. The number of hydrogen-bond donors (Lipinski definition) is 0. The molecule has 31 heavy (non-hydrogen) atoms. The van der Waals surface area contributed by atoms with Crippen LogP contribution in [0.4, 0.5) is 13.2 Å². The number of amides is 1. The highest BCUT2D eigenvalue weighted by molar-refractivity contribution is 5.94. The lowest BCUT2D eigenvalue weighted by Crippen LogP contribution is -2.26. The van der Waals surface area contributed by atoms with Crippen LogP contribution < -0.4 is 14.2 Å². The van der Waals surface area contributed by atoms with E-state index in [1.165, 1.54) is 0 Å². The van der Waals surface area contributed by atoms with E-state index in [2.05, 4.69) is 4.98 Å². The zero-order valence-corrected chi connectivity index (χ0v) is 16.3. The number of hydrogen-bond acceptors (Lipinski definition) is 5. The molecule has 4 rings (SSSR count). The van der Waals surface area contributed by atoms with Gasteiger partial charge in [0.2, 0.25) is 12.7 Å². The lowest BCUT2D eigenvalue weighted by atomic mass is 10.1. The predicted molar refractivity (Wildman–Crippen MR) is 104 cm³/mol. The van der Waals surface area contributed by atoms with Gasteiger partial charge in [0.25, 0.3) is 5.91 Å². The predicted octanol–water partition coefficient (Wildman–Crippen LogP) is 4.89. The fourth-order valence-electron chi connectivity index (χ4n) is 3.00. The molecule has 1 aromatic heterocycles. The Kier molecular flexibility index (Phi) is 5.41. The summed E-state index contributed by atoms with van der Waals surface area (Å²) in [5.41, 5.74) is 0.482. The van der Waals surface area contributed by atoms with Crippen molar-refractivity contribution in [1.29, 1.82) is 0 Å². The van der Waals surface area contributed by atoms with Crippen LogP contribution in [0.25, 0.3) is 0 Å². The zero-order valence-electron chi connectivity index (χ0n) is 16.3. The molecule has 0 saturated heterocycles. The first kappa shape index (κ1) is 20.5. The molecule has 1 amide bonds. The molecule has 0 radical (unpaired) electrons. The normalized spacial score (nSPS) is 12.5. The van der Waals surface area contributed by atoms with E-state index >= 15 is 0 Å². The molecule has 2 heterocycles. The number of alkyl halides is 3. The second-order valence-electron chi connectivity index (χ2n) is 6.86. The maximum absolute atomic E-state index is 12.7. The van der Waals surface area contributed by atoms with Crippen molar-refractivity contribution >= 4 is 5.91 Å². The van der Waals surface area contributed by atoms with Gasteiger partial charge in [-0.3, -0.25) is 4.79 Å². The SMILES string of the molecule is CN(Cc1ccc2c(c1)OCO2)C(=O)c1ccc(Oc2ccc(C(F)(F)F)cn2)cc1. The Labute approximate surface area is 175 Å². The van der Waals surface area contributed by atoms with Crippen molar-refractivity contribution < 1.29 is 32.2 Å². The molecule has 0 saturated carbocycles. The Bertz CT molecular complexity index is 1080. The van der Waals surface area contributed by atoms with E-state index < -0.39 is 11.7 Å². The van der Waals surface area contributed by atoms with Gasteiger partial charge in [0.15, 0.2) is 11.5 Å². The number of nitrogens with zero attached hydrogens (tertiary/aromatic N) is 2. The van der Waals surface area contributed by atoms with Crippen LogP contribution in [0.2, 0.25) is 0 Å². The van der Waals surface area contributed by atoms with Crippen molar-refractivity contribution in [3.05, 3.63) is 77.5 Å². The second-order valence-corrected chi connectivity index (χ2v) is 6.86. The highest BCUT2D eigenvalue weighted by atomic mass is 19.4. The van der Waals surface area contributed by atoms with Gasteiger partial charge in [-0.05, 0) is 48.0 Å². The number of carbonyl (C=O) groups is 1. The molecule has 0 fully saturated rings. The molecule has 2 aromatic carbocycles. The van der Waals surface area contributed by atoms with Crippen LogP contribution in [0.3, 0.4) is 0 Å². The van der Waals surface area contributed by atoms with Crippen LogP contribution in [0.5, 0.6) is 23.1 Å². The van der Waals surface area contributed by atoms with Crippen molar-refractivity contribution in [1.82, 2.24) is 9.88 Å². The van der Waals surface area contributed by atoms with Gasteiger partial charge in [-0.15, -0.1) is 0 Å². The molecule has 0 N–H and O–H groups in total. The maximum atomic E-state index is 12.7. The molecule has 9 heteroatoms. The van der Waals surface area contributed by atoms with Crippen LogP contribution >= 0.6 is 0 Å². The molecule has 6 nitrogen and oxygen atoms in total. The molecule has 0 spiro atoms. The van der Waals surface area contributed by atoms with Crippen molar-refractivity contribution in [3.8, 4) is 23.1 Å². The number of pyridine rings is 1. The standard InChI is InChI=1S/C22H17F3N2O4/c1-27(12-14-2-8-18-19(10-14)30-13-29-18)21(28)15-3-6-17(7-4-15)31-20-9-5-16(11-26-20)22(23,24)25/h2-11H,12-13H2,1H3. The summed E-state index contributed by atoms with van der Waals surface area (Å²) in [6, 6.07) is 13.8. The number of halogens is 3. The molecule has 0 bridgehead atoms. The molecular weight excluding hydrogens is 413 g/mol. The second kappa shape index (κ2) is 8.17. The fraction of sp³-hybridized carbons (Fsp3) is 0.182. The maximum Gasteiger partial charge on any atom is 0.417 e. The van der Waals surface area contributed by atoms with E-state index in [4.69, 9.17) is 14.2 Å². The molecule has 0 unspecified atom stereocenters. The number of benzene rings is 2. The first-order valence-electron chi connectivity index (χ1n) is 9.25. The Morgan fingerprint density at radius 3 is 2.48 bits per heavy atom.